The third-order valence-corrected chi connectivity index (χ3v) is 5.22. The van der Waals surface area contributed by atoms with E-state index in [9.17, 15) is 4.79 Å². The maximum absolute atomic E-state index is 11.3. The van der Waals surface area contributed by atoms with Crippen LogP contribution in [0.5, 0.6) is 0 Å². The van der Waals surface area contributed by atoms with Gasteiger partial charge < -0.3 is 19.0 Å². The van der Waals surface area contributed by atoms with Crippen molar-refractivity contribution in [3.8, 4) is 11.5 Å². The molecule has 2 aromatic carbocycles. The fourth-order valence-corrected chi connectivity index (χ4v) is 3.60. The Bertz CT molecular complexity index is 1150. The summed E-state index contributed by atoms with van der Waals surface area (Å²) in [4.78, 5) is 16.0. The summed E-state index contributed by atoms with van der Waals surface area (Å²) in [7, 11) is 1.39. The van der Waals surface area contributed by atoms with Gasteiger partial charge in [-0.15, -0.1) is 0 Å². The van der Waals surface area contributed by atoms with Crippen molar-refractivity contribution in [3.63, 3.8) is 0 Å². The van der Waals surface area contributed by atoms with E-state index in [-0.39, 0.29) is 12.5 Å². The van der Waals surface area contributed by atoms with Gasteiger partial charge in [0.1, 0.15) is 5.76 Å². The quantitative estimate of drug-likeness (QED) is 0.449. The Hall–Kier alpha value is -3.38. The minimum absolute atomic E-state index is 0.197. The molecule has 2 heterocycles. The molecule has 0 aliphatic rings. The zero-order valence-electron chi connectivity index (χ0n) is 17.2. The molecule has 30 heavy (non-hydrogen) atoms. The number of carbonyl (C=O) groups excluding carboxylic acids is 1. The molecule has 0 unspecified atom stereocenters. The highest BCUT2D eigenvalue weighted by Crippen LogP contribution is 2.24. The molecule has 0 amide bonds. The Morgan fingerprint density at radius 3 is 2.77 bits per heavy atom. The second-order valence-corrected chi connectivity index (χ2v) is 7.18. The SMILES string of the molecule is COC(=O)CNCc1cccc2c1ccn2CCc1nc(-c2ccccc2)oc1C. The van der Waals surface area contributed by atoms with E-state index in [4.69, 9.17) is 9.40 Å². The van der Waals surface area contributed by atoms with E-state index in [1.165, 1.54) is 12.5 Å². The summed E-state index contributed by atoms with van der Waals surface area (Å²) in [6, 6.07) is 18.3. The van der Waals surface area contributed by atoms with Gasteiger partial charge in [-0.25, -0.2) is 4.98 Å². The Morgan fingerprint density at radius 1 is 1.13 bits per heavy atom. The van der Waals surface area contributed by atoms with Gasteiger partial charge in [-0.3, -0.25) is 4.79 Å². The van der Waals surface area contributed by atoms with Crippen molar-refractivity contribution in [1.82, 2.24) is 14.9 Å². The number of aromatic nitrogens is 2. The van der Waals surface area contributed by atoms with Crippen LogP contribution in [0.4, 0.5) is 0 Å². The second-order valence-electron chi connectivity index (χ2n) is 7.18. The molecule has 1 N–H and O–H groups in total. The van der Waals surface area contributed by atoms with Crippen molar-refractivity contribution >= 4 is 16.9 Å². The predicted molar refractivity (Wildman–Crippen MR) is 116 cm³/mol. The molecule has 4 rings (SSSR count). The van der Waals surface area contributed by atoms with E-state index in [0.717, 1.165) is 41.1 Å². The molecule has 0 atom stereocenters. The first kappa shape index (κ1) is 19.9. The Kier molecular flexibility index (Phi) is 5.95. The maximum atomic E-state index is 11.3. The van der Waals surface area contributed by atoms with Crippen LogP contribution in [0.15, 0.2) is 65.2 Å². The van der Waals surface area contributed by atoms with Gasteiger partial charge in [-0.1, -0.05) is 30.3 Å². The smallest absolute Gasteiger partial charge is 0.319 e. The normalized spacial score (nSPS) is 11.1. The number of nitrogens with one attached hydrogen (secondary N) is 1. The lowest BCUT2D eigenvalue weighted by Crippen LogP contribution is -2.23. The topological polar surface area (TPSA) is 69.3 Å². The Labute approximate surface area is 175 Å². The summed E-state index contributed by atoms with van der Waals surface area (Å²) in [5.41, 5.74) is 4.28. The Morgan fingerprint density at radius 2 is 1.97 bits per heavy atom. The number of aryl methyl sites for hydroxylation is 3. The van der Waals surface area contributed by atoms with Crippen LogP contribution in [0.25, 0.3) is 22.4 Å². The van der Waals surface area contributed by atoms with E-state index >= 15 is 0 Å². The van der Waals surface area contributed by atoms with E-state index < -0.39 is 0 Å². The molecule has 0 saturated heterocycles. The molecule has 0 fully saturated rings. The van der Waals surface area contributed by atoms with Crippen molar-refractivity contribution in [2.24, 2.45) is 0 Å². The highest BCUT2D eigenvalue weighted by molar-refractivity contribution is 5.83. The number of hydrogen-bond donors (Lipinski definition) is 1. The molecule has 0 aliphatic carbocycles. The summed E-state index contributed by atoms with van der Waals surface area (Å²) in [5, 5.41) is 4.31. The summed E-state index contributed by atoms with van der Waals surface area (Å²) in [6.45, 7) is 3.58. The number of carbonyl (C=O) groups is 1. The van der Waals surface area contributed by atoms with E-state index in [0.29, 0.717) is 12.4 Å². The van der Waals surface area contributed by atoms with Gasteiger partial charge in [-0.05, 0) is 36.8 Å². The molecule has 6 heteroatoms. The number of rotatable bonds is 8. The lowest BCUT2D eigenvalue weighted by atomic mass is 10.1. The van der Waals surface area contributed by atoms with Crippen LogP contribution in [0, 0.1) is 6.92 Å². The molecule has 0 radical (unpaired) electrons. The Balaban J connectivity index is 1.47. The average molecular weight is 403 g/mol. The first-order chi connectivity index (χ1) is 14.7. The molecule has 4 aromatic rings. The number of fused-ring (bicyclic) bond motifs is 1. The summed E-state index contributed by atoms with van der Waals surface area (Å²) in [6.07, 6.45) is 2.89. The lowest BCUT2D eigenvalue weighted by molar-refractivity contribution is -0.139. The third-order valence-electron chi connectivity index (χ3n) is 5.22. The highest BCUT2D eigenvalue weighted by Gasteiger charge is 2.12. The van der Waals surface area contributed by atoms with Crippen molar-refractivity contribution in [2.75, 3.05) is 13.7 Å². The van der Waals surface area contributed by atoms with Crippen LogP contribution in [-0.2, 0) is 29.0 Å². The zero-order chi connectivity index (χ0) is 20.9. The molecule has 154 valence electrons. The van der Waals surface area contributed by atoms with Gasteiger partial charge >= 0.3 is 5.97 Å². The van der Waals surface area contributed by atoms with Gasteiger partial charge in [0.05, 0.1) is 19.3 Å². The largest absolute Gasteiger partial charge is 0.468 e. The zero-order valence-corrected chi connectivity index (χ0v) is 17.2. The number of nitrogens with zero attached hydrogens (tertiary/aromatic N) is 2. The number of ether oxygens (including phenoxy) is 1. The number of hydrogen-bond acceptors (Lipinski definition) is 5. The van der Waals surface area contributed by atoms with Gasteiger partial charge in [0.25, 0.3) is 0 Å². The van der Waals surface area contributed by atoms with E-state index in [2.05, 4.69) is 39.0 Å². The number of methoxy groups -OCH3 is 1. The van der Waals surface area contributed by atoms with E-state index in [1.54, 1.807) is 0 Å². The van der Waals surface area contributed by atoms with Gasteiger partial charge in [0, 0.05) is 42.2 Å². The third kappa shape index (κ3) is 4.28. The average Bonchev–Trinajstić information content (AvgIpc) is 3.36. The second kappa shape index (κ2) is 8.97. The molecular weight excluding hydrogens is 378 g/mol. The van der Waals surface area contributed by atoms with Crippen molar-refractivity contribution in [2.45, 2.75) is 26.4 Å². The summed E-state index contributed by atoms with van der Waals surface area (Å²) < 4.78 is 12.8. The fourth-order valence-electron chi connectivity index (χ4n) is 3.60. The predicted octanol–water partition coefficient (Wildman–Crippen LogP) is 4.11. The molecule has 0 saturated carbocycles. The molecule has 0 bridgehead atoms. The van der Waals surface area contributed by atoms with Crippen LogP contribution in [0.2, 0.25) is 0 Å². The highest BCUT2D eigenvalue weighted by atomic mass is 16.5. The van der Waals surface area contributed by atoms with E-state index in [1.807, 2.05) is 43.3 Å². The number of esters is 1. The molecule has 0 spiro atoms. The monoisotopic (exact) mass is 403 g/mol. The number of oxazole rings is 1. The van der Waals surface area contributed by atoms with Crippen LogP contribution in [-0.4, -0.2) is 29.2 Å². The van der Waals surface area contributed by atoms with Crippen molar-refractivity contribution < 1.29 is 13.9 Å². The minimum Gasteiger partial charge on any atom is -0.468 e. The lowest BCUT2D eigenvalue weighted by Gasteiger charge is -2.08. The molecular formula is C24H25N3O3. The van der Waals surface area contributed by atoms with Crippen molar-refractivity contribution in [1.29, 1.82) is 0 Å². The van der Waals surface area contributed by atoms with Crippen LogP contribution >= 0.6 is 0 Å². The van der Waals surface area contributed by atoms with Gasteiger partial charge in [0.2, 0.25) is 5.89 Å². The first-order valence-corrected chi connectivity index (χ1v) is 10.0. The molecule has 2 aromatic heterocycles. The van der Waals surface area contributed by atoms with Crippen LogP contribution in [0.3, 0.4) is 0 Å². The maximum Gasteiger partial charge on any atom is 0.319 e. The number of benzene rings is 2. The van der Waals surface area contributed by atoms with Crippen molar-refractivity contribution in [3.05, 3.63) is 77.8 Å². The fraction of sp³-hybridized carbons (Fsp3) is 0.250. The first-order valence-electron chi connectivity index (χ1n) is 10.0. The summed E-state index contributed by atoms with van der Waals surface area (Å²) >= 11 is 0. The minimum atomic E-state index is -0.266. The van der Waals surface area contributed by atoms with Crippen LogP contribution < -0.4 is 5.32 Å². The van der Waals surface area contributed by atoms with Crippen LogP contribution in [0.1, 0.15) is 17.0 Å². The van der Waals surface area contributed by atoms with Gasteiger partial charge in [-0.2, -0.15) is 0 Å². The van der Waals surface area contributed by atoms with Gasteiger partial charge in [0.15, 0.2) is 0 Å². The molecule has 0 aliphatic heterocycles. The standard InChI is InChI=1S/C24H25N3O3/c1-17-21(26-24(30-17)18-7-4-3-5-8-18)12-14-27-13-11-20-19(9-6-10-22(20)27)15-25-16-23(28)29-2/h3-11,13,25H,12,14-16H2,1-2H3. The summed E-state index contributed by atoms with van der Waals surface area (Å²) in [5.74, 6) is 1.26. The molecule has 6 nitrogen and oxygen atoms in total.